The van der Waals surface area contributed by atoms with E-state index in [2.05, 4.69) is 6.92 Å². The number of hydrogen-bond acceptors (Lipinski definition) is 4. The van der Waals surface area contributed by atoms with Crippen LogP contribution in [0.2, 0.25) is 5.02 Å². The number of hydrogen-bond donors (Lipinski definition) is 0. The Kier molecular flexibility index (Phi) is 6.94. The largest absolute Gasteiger partial charge is 0.307 e. The molecule has 1 aliphatic rings. The first-order valence-corrected chi connectivity index (χ1v) is 12.4. The smallest absolute Gasteiger partial charge is 0.258 e. The number of nitrogens with zero attached hydrogens (tertiary/aromatic N) is 2. The lowest BCUT2D eigenvalue weighted by atomic mass is 10.1. The topological polar surface area (TPSA) is 57.7 Å². The van der Waals surface area contributed by atoms with Crippen LogP contribution in [0.4, 0.5) is 5.69 Å². The van der Waals surface area contributed by atoms with Crippen molar-refractivity contribution in [3.63, 3.8) is 0 Å². The van der Waals surface area contributed by atoms with E-state index in [0.717, 1.165) is 17.0 Å². The van der Waals surface area contributed by atoms with Crippen molar-refractivity contribution in [1.82, 2.24) is 4.31 Å². The van der Waals surface area contributed by atoms with Crippen molar-refractivity contribution in [1.29, 1.82) is 0 Å². The Labute approximate surface area is 182 Å². The van der Waals surface area contributed by atoms with Gasteiger partial charge in [-0.2, -0.15) is 4.31 Å². The molecule has 1 atom stereocenters. The number of benzene rings is 2. The zero-order valence-electron chi connectivity index (χ0n) is 16.8. The normalized spacial score (nSPS) is 17.1. The number of anilines is 1. The molecular weight excluding hydrogens is 428 g/mol. The first kappa shape index (κ1) is 22.2. The van der Waals surface area contributed by atoms with Gasteiger partial charge in [0.25, 0.3) is 5.91 Å². The maximum atomic E-state index is 13.4. The summed E-state index contributed by atoms with van der Waals surface area (Å²) in [6, 6.07) is 12.3. The summed E-state index contributed by atoms with van der Waals surface area (Å²) in [5.74, 6) is -0.222. The Morgan fingerprint density at radius 1 is 1.21 bits per heavy atom. The van der Waals surface area contributed by atoms with E-state index < -0.39 is 10.0 Å². The monoisotopic (exact) mass is 452 g/mol. The summed E-state index contributed by atoms with van der Waals surface area (Å²) in [5.41, 5.74) is 1.17. The van der Waals surface area contributed by atoms with Crippen molar-refractivity contribution in [2.45, 2.75) is 42.2 Å². The van der Waals surface area contributed by atoms with Gasteiger partial charge in [-0.15, -0.1) is 11.8 Å². The van der Waals surface area contributed by atoms with Gasteiger partial charge in [0.2, 0.25) is 10.0 Å². The summed E-state index contributed by atoms with van der Waals surface area (Å²) >= 11 is 7.97. The Bertz CT molecular complexity index is 1010. The molecule has 5 nitrogen and oxygen atoms in total. The summed E-state index contributed by atoms with van der Waals surface area (Å²) in [6.07, 6.45) is 0.850. The summed E-state index contributed by atoms with van der Waals surface area (Å²) in [4.78, 5) is 16.1. The van der Waals surface area contributed by atoms with E-state index in [1.807, 2.05) is 24.3 Å². The highest BCUT2D eigenvalue weighted by molar-refractivity contribution is 8.00. The van der Waals surface area contributed by atoms with Crippen molar-refractivity contribution in [3.05, 3.63) is 53.1 Å². The van der Waals surface area contributed by atoms with Crippen LogP contribution in [0.5, 0.6) is 0 Å². The number of carbonyl (C=O) groups excluding carboxylic acids is 1. The molecule has 0 spiro atoms. The molecule has 0 radical (unpaired) electrons. The summed E-state index contributed by atoms with van der Waals surface area (Å²) in [7, 11) is -3.77. The molecule has 2 aromatic rings. The van der Waals surface area contributed by atoms with Gasteiger partial charge in [-0.25, -0.2) is 8.42 Å². The van der Waals surface area contributed by atoms with Gasteiger partial charge in [0, 0.05) is 35.3 Å². The molecule has 2 aromatic carbocycles. The molecule has 1 amide bonds. The molecule has 0 saturated heterocycles. The van der Waals surface area contributed by atoms with E-state index in [1.165, 1.54) is 16.4 Å². The predicted molar refractivity (Wildman–Crippen MR) is 120 cm³/mol. The molecule has 0 aromatic heterocycles. The minimum atomic E-state index is -3.77. The molecule has 0 N–H and O–H groups in total. The number of thioether (sulfide) groups is 1. The van der Waals surface area contributed by atoms with Gasteiger partial charge in [-0.05, 0) is 36.8 Å². The highest BCUT2D eigenvalue weighted by atomic mass is 35.5. The Hall–Kier alpha value is -1.54. The van der Waals surface area contributed by atoms with Crippen LogP contribution in [0.1, 0.15) is 37.6 Å². The minimum absolute atomic E-state index is 0.0282. The van der Waals surface area contributed by atoms with Gasteiger partial charge >= 0.3 is 0 Å². The number of sulfonamides is 1. The Balaban J connectivity index is 2.03. The van der Waals surface area contributed by atoms with Crippen LogP contribution in [0.3, 0.4) is 0 Å². The lowest BCUT2D eigenvalue weighted by Gasteiger charge is -2.24. The minimum Gasteiger partial charge on any atom is -0.307 e. The van der Waals surface area contributed by atoms with Crippen LogP contribution in [0.25, 0.3) is 0 Å². The lowest BCUT2D eigenvalue weighted by molar-refractivity contribution is 0.0986. The van der Waals surface area contributed by atoms with Crippen molar-refractivity contribution >= 4 is 45.0 Å². The maximum absolute atomic E-state index is 13.4. The number of halogens is 1. The third-order valence-electron chi connectivity index (χ3n) is 4.99. The van der Waals surface area contributed by atoms with Crippen LogP contribution in [0, 0.1) is 0 Å². The quantitative estimate of drug-likeness (QED) is 0.647. The second kappa shape index (κ2) is 9.08. The fourth-order valence-electron chi connectivity index (χ4n) is 3.39. The molecule has 1 heterocycles. The van der Waals surface area contributed by atoms with Gasteiger partial charge in [0.05, 0.1) is 10.7 Å². The number of rotatable bonds is 5. The fourth-order valence-corrected chi connectivity index (χ4v) is 6.46. The average molecular weight is 453 g/mol. The van der Waals surface area contributed by atoms with E-state index in [4.69, 9.17) is 11.6 Å². The molecular formula is C21H25ClN2O3S2. The van der Waals surface area contributed by atoms with Gasteiger partial charge < -0.3 is 4.90 Å². The first-order valence-electron chi connectivity index (χ1n) is 9.66. The molecule has 1 unspecified atom stereocenters. The van der Waals surface area contributed by atoms with Crippen molar-refractivity contribution in [2.75, 3.05) is 24.5 Å². The molecule has 0 saturated carbocycles. The van der Waals surface area contributed by atoms with E-state index in [0.29, 0.717) is 30.4 Å². The third-order valence-corrected chi connectivity index (χ3v) is 8.76. The molecule has 8 heteroatoms. The Morgan fingerprint density at radius 2 is 1.90 bits per heavy atom. The highest BCUT2D eigenvalue weighted by Crippen LogP contribution is 2.38. The van der Waals surface area contributed by atoms with Crippen molar-refractivity contribution in [3.8, 4) is 0 Å². The van der Waals surface area contributed by atoms with Gasteiger partial charge in [-0.3, -0.25) is 4.79 Å². The van der Waals surface area contributed by atoms with Crippen LogP contribution in [0.15, 0.2) is 52.3 Å². The second-order valence-electron chi connectivity index (χ2n) is 6.88. The molecule has 29 heavy (non-hydrogen) atoms. The van der Waals surface area contributed by atoms with E-state index >= 15 is 0 Å². The number of amides is 1. The molecule has 3 rings (SSSR count). The SMILES string of the molecule is CCN(CC)S(=O)(=O)c1cc(C(=O)N2CCC(C)Sc3ccccc32)ccc1Cl. The molecule has 1 aliphatic heterocycles. The Morgan fingerprint density at radius 3 is 2.59 bits per heavy atom. The van der Waals surface area contributed by atoms with Gasteiger partial charge in [0.15, 0.2) is 0 Å². The van der Waals surface area contributed by atoms with E-state index in [9.17, 15) is 13.2 Å². The van der Waals surface area contributed by atoms with E-state index in [-0.39, 0.29) is 15.8 Å². The zero-order valence-corrected chi connectivity index (χ0v) is 19.1. The maximum Gasteiger partial charge on any atom is 0.258 e. The molecule has 0 bridgehead atoms. The third kappa shape index (κ3) is 4.48. The second-order valence-corrected chi connectivity index (χ2v) is 10.7. The van der Waals surface area contributed by atoms with E-state index in [1.54, 1.807) is 36.6 Å². The molecule has 0 aliphatic carbocycles. The zero-order chi connectivity index (χ0) is 21.2. The standard InChI is InChI=1S/C21H25ClN2O3S2/c1-4-23(5-2)29(26,27)20-14-16(10-11-17(20)22)21(25)24-13-12-15(3)28-19-9-7-6-8-18(19)24/h6-11,14-15H,4-5,12-13H2,1-3H3. The van der Waals surface area contributed by atoms with Crippen LogP contribution >= 0.6 is 23.4 Å². The number of fused-ring (bicyclic) bond motifs is 1. The van der Waals surface area contributed by atoms with Crippen LogP contribution in [-0.2, 0) is 10.0 Å². The summed E-state index contributed by atoms with van der Waals surface area (Å²) in [6.45, 7) is 6.94. The van der Waals surface area contributed by atoms with Gasteiger partial charge in [0.1, 0.15) is 4.90 Å². The summed E-state index contributed by atoms with van der Waals surface area (Å²) in [5, 5.41) is 0.506. The van der Waals surface area contributed by atoms with Crippen molar-refractivity contribution in [2.24, 2.45) is 0 Å². The van der Waals surface area contributed by atoms with Crippen LogP contribution in [-0.4, -0.2) is 43.5 Å². The number of para-hydroxylation sites is 1. The first-order chi connectivity index (χ1) is 13.8. The average Bonchev–Trinajstić information content (AvgIpc) is 2.86. The number of carbonyl (C=O) groups is 1. The highest BCUT2D eigenvalue weighted by Gasteiger charge is 2.29. The summed E-state index contributed by atoms with van der Waals surface area (Å²) < 4.78 is 27.3. The molecule has 156 valence electrons. The molecule has 0 fully saturated rings. The predicted octanol–water partition coefficient (Wildman–Crippen LogP) is 4.90. The van der Waals surface area contributed by atoms with Crippen LogP contribution < -0.4 is 4.90 Å². The van der Waals surface area contributed by atoms with Crippen molar-refractivity contribution < 1.29 is 13.2 Å². The van der Waals surface area contributed by atoms with Gasteiger partial charge in [-0.1, -0.05) is 44.5 Å². The fraction of sp³-hybridized carbons (Fsp3) is 0.381. The lowest BCUT2D eigenvalue weighted by Crippen LogP contribution is -2.33.